The first-order valence-electron chi connectivity index (χ1n) is 10.5. The number of aryl methyl sites for hydroxylation is 2. The van der Waals surface area contributed by atoms with E-state index in [1.807, 2.05) is 6.92 Å². The zero-order valence-electron chi connectivity index (χ0n) is 17.8. The van der Waals surface area contributed by atoms with Crippen LogP contribution in [-0.2, 0) is 34.8 Å². The molecule has 2 nitrogen and oxygen atoms in total. The number of allylic oxidation sites excluding steroid dienone is 1. The number of rotatable bonds is 10. The van der Waals surface area contributed by atoms with Gasteiger partial charge >= 0.3 is 6.11 Å². The average molecular weight is 452 g/mol. The van der Waals surface area contributed by atoms with E-state index in [9.17, 15) is 22.0 Å². The molecule has 0 bridgehead atoms. The average Bonchev–Trinajstić information content (AvgIpc) is 2.74. The first-order valence-corrected chi connectivity index (χ1v) is 10.5. The van der Waals surface area contributed by atoms with Crippen LogP contribution < -0.4 is 0 Å². The molecule has 1 heterocycles. The molecule has 0 unspecified atom stereocenters. The van der Waals surface area contributed by atoms with Gasteiger partial charge in [-0.15, -0.1) is 6.58 Å². The zero-order valence-corrected chi connectivity index (χ0v) is 17.8. The van der Waals surface area contributed by atoms with Gasteiger partial charge in [0, 0.05) is 6.42 Å². The smallest absolute Gasteiger partial charge is 0.429 e. The highest BCUT2D eigenvalue weighted by Gasteiger charge is 2.43. The zero-order chi connectivity index (χ0) is 23.3. The molecular formula is C25H25F5O2. The van der Waals surface area contributed by atoms with Crippen molar-refractivity contribution in [1.82, 2.24) is 0 Å². The van der Waals surface area contributed by atoms with Gasteiger partial charge in [-0.2, -0.15) is 8.78 Å². The molecule has 2 aromatic carbocycles. The predicted molar refractivity (Wildman–Crippen MR) is 113 cm³/mol. The summed E-state index contributed by atoms with van der Waals surface area (Å²) >= 11 is 0. The summed E-state index contributed by atoms with van der Waals surface area (Å²) in [6, 6.07) is 5.68. The SMILES string of the molecule is C=CCOCCc1ccc(CCc2ccc3c(c2F)C(F)(F)OC(CCC)=C3)c(F)c1F. The van der Waals surface area contributed by atoms with Crippen molar-refractivity contribution in [3.63, 3.8) is 0 Å². The van der Waals surface area contributed by atoms with Gasteiger partial charge in [0.05, 0.1) is 13.2 Å². The minimum absolute atomic E-state index is 0.0129. The molecule has 2 aromatic rings. The number of benzene rings is 2. The summed E-state index contributed by atoms with van der Waals surface area (Å²) < 4.78 is 82.6. The van der Waals surface area contributed by atoms with Crippen LogP contribution in [0.15, 0.2) is 42.7 Å². The van der Waals surface area contributed by atoms with Crippen LogP contribution in [0.5, 0.6) is 0 Å². The van der Waals surface area contributed by atoms with Crippen molar-refractivity contribution in [2.45, 2.75) is 45.1 Å². The molecule has 32 heavy (non-hydrogen) atoms. The van der Waals surface area contributed by atoms with Gasteiger partial charge in [-0.1, -0.05) is 37.3 Å². The molecule has 0 fully saturated rings. The maximum absolute atomic E-state index is 14.9. The van der Waals surface area contributed by atoms with Gasteiger partial charge < -0.3 is 9.47 Å². The molecule has 1 aliphatic rings. The Labute approximate surface area is 184 Å². The molecule has 3 rings (SSSR count). The van der Waals surface area contributed by atoms with Gasteiger partial charge in [0.1, 0.15) is 17.1 Å². The lowest BCUT2D eigenvalue weighted by atomic mass is 9.95. The highest BCUT2D eigenvalue weighted by molar-refractivity contribution is 5.60. The van der Waals surface area contributed by atoms with Crippen molar-refractivity contribution < 1.29 is 31.4 Å². The van der Waals surface area contributed by atoms with Crippen molar-refractivity contribution in [3.05, 3.63) is 87.9 Å². The third kappa shape index (κ3) is 5.21. The van der Waals surface area contributed by atoms with E-state index in [1.165, 1.54) is 30.3 Å². The lowest BCUT2D eigenvalue weighted by Crippen LogP contribution is -2.25. The number of ether oxygens (including phenoxy) is 2. The third-order valence-electron chi connectivity index (χ3n) is 5.27. The van der Waals surface area contributed by atoms with Crippen LogP contribution in [0, 0.1) is 17.5 Å². The van der Waals surface area contributed by atoms with Crippen LogP contribution in [0.4, 0.5) is 22.0 Å². The summed E-state index contributed by atoms with van der Waals surface area (Å²) in [5.74, 6) is -2.99. The Hall–Kier alpha value is -2.67. The first kappa shape index (κ1) is 24.0. The van der Waals surface area contributed by atoms with Gasteiger partial charge in [0.25, 0.3) is 0 Å². The molecule has 0 aliphatic carbocycles. The van der Waals surface area contributed by atoms with Crippen LogP contribution in [-0.4, -0.2) is 13.2 Å². The van der Waals surface area contributed by atoms with E-state index >= 15 is 0 Å². The largest absolute Gasteiger partial charge is 0.433 e. The van der Waals surface area contributed by atoms with E-state index in [0.717, 1.165) is 0 Å². The van der Waals surface area contributed by atoms with Gasteiger partial charge in [-0.3, -0.25) is 0 Å². The molecule has 0 saturated heterocycles. The van der Waals surface area contributed by atoms with Crippen molar-refractivity contribution in [1.29, 1.82) is 0 Å². The van der Waals surface area contributed by atoms with Gasteiger partial charge in [0.2, 0.25) is 0 Å². The highest BCUT2D eigenvalue weighted by Crippen LogP contribution is 2.42. The number of fused-ring (bicyclic) bond motifs is 1. The van der Waals surface area contributed by atoms with Crippen molar-refractivity contribution in [2.24, 2.45) is 0 Å². The Morgan fingerprint density at radius 3 is 2.12 bits per heavy atom. The fourth-order valence-corrected chi connectivity index (χ4v) is 3.67. The summed E-state index contributed by atoms with van der Waals surface area (Å²) in [6.45, 7) is 5.86. The van der Waals surface area contributed by atoms with Crippen LogP contribution in [0.3, 0.4) is 0 Å². The van der Waals surface area contributed by atoms with E-state index in [-0.39, 0.29) is 53.9 Å². The molecule has 7 heteroatoms. The quantitative estimate of drug-likeness (QED) is 0.223. The second kappa shape index (κ2) is 10.3. The van der Waals surface area contributed by atoms with E-state index in [1.54, 1.807) is 6.08 Å². The van der Waals surface area contributed by atoms with E-state index in [4.69, 9.17) is 9.47 Å². The van der Waals surface area contributed by atoms with Crippen molar-refractivity contribution >= 4 is 6.08 Å². The monoisotopic (exact) mass is 452 g/mol. The summed E-state index contributed by atoms with van der Waals surface area (Å²) in [5, 5.41) is 0. The topological polar surface area (TPSA) is 18.5 Å². The van der Waals surface area contributed by atoms with Gasteiger partial charge in [0.15, 0.2) is 11.6 Å². The molecule has 0 spiro atoms. The Morgan fingerprint density at radius 2 is 1.50 bits per heavy atom. The fraction of sp³-hybridized carbons (Fsp3) is 0.360. The number of hydrogen-bond acceptors (Lipinski definition) is 2. The summed E-state index contributed by atoms with van der Waals surface area (Å²) in [4.78, 5) is 0. The minimum atomic E-state index is -3.79. The normalized spacial score (nSPS) is 14.5. The maximum atomic E-state index is 14.9. The van der Waals surface area contributed by atoms with Gasteiger partial charge in [-0.25, -0.2) is 13.2 Å². The molecule has 1 aliphatic heterocycles. The lowest BCUT2D eigenvalue weighted by Gasteiger charge is -2.27. The predicted octanol–water partition coefficient (Wildman–Crippen LogP) is 6.85. The van der Waals surface area contributed by atoms with Crippen LogP contribution >= 0.6 is 0 Å². The molecule has 0 aromatic heterocycles. The van der Waals surface area contributed by atoms with E-state index in [0.29, 0.717) is 19.4 Å². The first-order chi connectivity index (χ1) is 15.3. The van der Waals surface area contributed by atoms with E-state index in [2.05, 4.69) is 6.58 Å². The summed E-state index contributed by atoms with van der Waals surface area (Å²) in [6.07, 6.45) is 0.187. The minimum Gasteiger partial charge on any atom is -0.433 e. The second-order valence-corrected chi connectivity index (χ2v) is 7.61. The van der Waals surface area contributed by atoms with Crippen LogP contribution in [0.2, 0.25) is 0 Å². The Morgan fingerprint density at radius 1 is 0.906 bits per heavy atom. The maximum Gasteiger partial charge on any atom is 0.429 e. The summed E-state index contributed by atoms with van der Waals surface area (Å²) in [5.41, 5.74) is -0.561. The molecule has 0 radical (unpaired) electrons. The van der Waals surface area contributed by atoms with Crippen molar-refractivity contribution in [3.8, 4) is 0 Å². The Balaban J connectivity index is 1.77. The molecule has 0 N–H and O–H groups in total. The Bertz CT molecular complexity index is 1010. The molecule has 172 valence electrons. The van der Waals surface area contributed by atoms with E-state index < -0.39 is 29.1 Å². The summed E-state index contributed by atoms with van der Waals surface area (Å²) in [7, 11) is 0. The fourth-order valence-electron chi connectivity index (χ4n) is 3.67. The van der Waals surface area contributed by atoms with Crippen molar-refractivity contribution in [2.75, 3.05) is 13.2 Å². The molecular weight excluding hydrogens is 427 g/mol. The Kier molecular flexibility index (Phi) is 7.72. The number of halogens is 5. The van der Waals surface area contributed by atoms with Crippen LogP contribution in [0.1, 0.15) is 47.6 Å². The second-order valence-electron chi connectivity index (χ2n) is 7.61. The molecule has 0 atom stereocenters. The third-order valence-corrected chi connectivity index (χ3v) is 5.27. The lowest BCUT2D eigenvalue weighted by molar-refractivity contribution is -0.228. The molecule has 0 amide bonds. The van der Waals surface area contributed by atoms with Crippen LogP contribution in [0.25, 0.3) is 6.08 Å². The standard InChI is InChI=1S/C25H25F5O2/c1-3-5-20-15-19-11-10-16(22(26)21(19)25(29,30)32-20)6-7-17-8-9-18(24(28)23(17)27)12-14-31-13-4-2/h4,8-11,15H,2-3,5-7,12-14H2,1H3. The molecule has 0 saturated carbocycles. The van der Waals surface area contributed by atoms with Gasteiger partial charge in [-0.05, 0) is 54.0 Å². The highest BCUT2D eigenvalue weighted by atomic mass is 19.3. The number of hydrogen-bond donors (Lipinski definition) is 0. The number of alkyl halides is 2.